The SMILES string of the molecule is CCC(=O)N(c1ccccc1)C1CCN(C(C)Cc2cccs2)CC1. The highest BCUT2D eigenvalue weighted by Gasteiger charge is 2.29. The molecule has 0 N–H and O–H groups in total. The fourth-order valence-electron chi connectivity index (χ4n) is 3.75. The van der Waals surface area contributed by atoms with E-state index in [-0.39, 0.29) is 5.91 Å². The van der Waals surface area contributed by atoms with Crippen LogP contribution < -0.4 is 4.90 Å². The van der Waals surface area contributed by atoms with E-state index in [1.807, 2.05) is 41.4 Å². The smallest absolute Gasteiger partial charge is 0.226 e. The molecule has 1 unspecified atom stereocenters. The second kappa shape index (κ2) is 8.63. The lowest BCUT2D eigenvalue weighted by molar-refractivity contribution is -0.119. The Morgan fingerprint density at radius 2 is 1.92 bits per heavy atom. The van der Waals surface area contributed by atoms with E-state index in [1.54, 1.807) is 0 Å². The molecule has 0 aliphatic carbocycles. The molecule has 1 aliphatic rings. The maximum Gasteiger partial charge on any atom is 0.226 e. The second-order valence-corrected chi connectivity index (χ2v) is 7.88. The molecular formula is C21H28N2OS. The number of nitrogens with zero attached hydrogens (tertiary/aromatic N) is 2. The molecule has 134 valence electrons. The van der Waals surface area contributed by atoms with Crippen molar-refractivity contribution in [1.82, 2.24) is 4.90 Å². The van der Waals surface area contributed by atoms with E-state index in [4.69, 9.17) is 0 Å². The van der Waals surface area contributed by atoms with Gasteiger partial charge in [-0.25, -0.2) is 0 Å². The first-order chi connectivity index (χ1) is 12.2. The van der Waals surface area contributed by atoms with Crippen LogP contribution in [0.5, 0.6) is 0 Å². The van der Waals surface area contributed by atoms with Crippen molar-refractivity contribution in [2.45, 2.75) is 51.6 Å². The Labute approximate surface area is 155 Å². The number of benzene rings is 1. The van der Waals surface area contributed by atoms with Crippen molar-refractivity contribution in [3.05, 3.63) is 52.7 Å². The molecule has 4 heteroatoms. The van der Waals surface area contributed by atoms with Gasteiger partial charge in [-0.3, -0.25) is 4.79 Å². The highest BCUT2D eigenvalue weighted by atomic mass is 32.1. The van der Waals surface area contributed by atoms with Crippen molar-refractivity contribution >= 4 is 22.9 Å². The van der Waals surface area contributed by atoms with Gasteiger partial charge in [0, 0.05) is 42.2 Å². The van der Waals surface area contributed by atoms with Gasteiger partial charge in [0.25, 0.3) is 0 Å². The van der Waals surface area contributed by atoms with E-state index in [1.165, 1.54) is 4.88 Å². The van der Waals surface area contributed by atoms with E-state index in [9.17, 15) is 4.79 Å². The molecule has 1 atom stereocenters. The van der Waals surface area contributed by atoms with Crippen LogP contribution in [-0.2, 0) is 11.2 Å². The van der Waals surface area contributed by atoms with Crippen LogP contribution in [0.3, 0.4) is 0 Å². The summed E-state index contributed by atoms with van der Waals surface area (Å²) < 4.78 is 0. The molecule has 0 radical (unpaired) electrons. The van der Waals surface area contributed by atoms with Crippen molar-refractivity contribution < 1.29 is 4.79 Å². The predicted octanol–water partition coefficient (Wildman–Crippen LogP) is 4.59. The lowest BCUT2D eigenvalue weighted by atomic mass is 9.99. The van der Waals surface area contributed by atoms with Crippen LogP contribution in [0.4, 0.5) is 5.69 Å². The lowest BCUT2D eigenvalue weighted by Crippen LogP contribution is -2.49. The van der Waals surface area contributed by atoms with Crippen LogP contribution in [0, 0.1) is 0 Å². The van der Waals surface area contributed by atoms with E-state index in [0.717, 1.165) is 38.0 Å². The van der Waals surface area contributed by atoms with E-state index in [2.05, 4.69) is 41.5 Å². The van der Waals surface area contributed by atoms with Crippen LogP contribution >= 0.6 is 11.3 Å². The predicted molar refractivity (Wildman–Crippen MR) is 106 cm³/mol. The summed E-state index contributed by atoms with van der Waals surface area (Å²) >= 11 is 1.85. The Bertz CT molecular complexity index is 648. The highest BCUT2D eigenvalue weighted by Crippen LogP contribution is 2.26. The zero-order valence-corrected chi connectivity index (χ0v) is 16.0. The minimum Gasteiger partial charge on any atom is -0.309 e. The van der Waals surface area contributed by atoms with Crippen LogP contribution in [0.1, 0.15) is 38.0 Å². The number of para-hydroxylation sites is 1. The van der Waals surface area contributed by atoms with Gasteiger partial charge in [-0.15, -0.1) is 11.3 Å². The average molecular weight is 357 g/mol. The summed E-state index contributed by atoms with van der Waals surface area (Å²) in [4.78, 5) is 18.6. The van der Waals surface area contributed by atoms with Crippen LogP contribution in [0.2, 0.25) is 0 Å². The van der Waals surface area contributed by atoms with Crippen LogP contribution in [0.25, 0.3) is 0 Å². The lowest BCUT2D eigenvalue weighted by Gasteiger charge is -2.40. The summed E-state index contributed by atoms with van der Waals surface area (Å²) in [6.07, 6.45) is 3.79. The Kier molecular flexibility index (Phi) is 6.27. The summed E-state index contributed by atoms with van der Waals surface area (Å²) in [5.74, 6) is 0.233. The first-order valence-electron chi connectivity index (χ1n) is 9.32. The number of carbonyl (C=O) groups excluding carboxylic acids is 1. The van der Waals surface area contributed by atoms with Gasteiger partial charge >= 0.3 is 0 Å². The van der Waals surface area contributed by atoms with Gasteiger partial charge < -0.3 is 9.80 Å². The van der Waals surface area contributed by atoms with Gasteiger partial charge in [-0.2, -0.15) is 0 Å². The quantitative estimate of drug-likeness (QED) is 0.756. The van der Waals surface area contributed by atoms with Gasteiger partial charge in [0.05, 0.1) is 0 Å². The molecule has 3 nitrogen and oxygen atoms in total. The number of thiophene rings is 1. The number of anilines is 1. The van der Waals surface area contributed by atoms with E-state index >= 15 is 0 Å². The third-order valence-electron chi connectivity index (χ3n) is 5.17. The minimum atomic E-state index is 0.233. The monoisotopic (exact) mass is 356 g/mol. The zero-order chi connectivity index (χ0) is 17.6. The fourth-order valence-corrected chi connectivity index (χ4v) is 4.58. The third-order valence-corrected chi connectivity index (χ3v) is 6.07. The molecule has 1 fully saturated rings. The molecule has 25 heavy (non-hydrogen) atoms. The number of hydrogen-bond donors (Lipinski definition) is 0. The Morgan fingerprint density at radius 3 is 2.52 bits per heavy atom. The highest BCUT2D eigenvalue weighted by molar-refractivity contribution is 7.09. The Balaban J connectivity index is 1.62. The summed E-state index contributed by atoms with van der Waals surface area (Å²) in [5.41, 5.74) is 1.04. The zero-order valence-electron chi connectivity index (χ0n) is 15.2. The first-order valence-corrected chi connectivity index (χ1v) is 10.2. The molecule has 2 heterocycles. The number of amides is 1. The van der Waals surface area contributed by atoms with Gasteiger partial charge in [0.1, 0.15) is 0 Å². The minimum absolute atomic E-state index is 0.233. The van der Waals surface area contributed by atoms with Crippen molar-refractivity contribution in [1.29, 1.82) is 0 Å². The fraction of sp³-hybridized carbons (Fsp3) is 0.476. The van der Waals surface area contributed by atoms with Gasteiger partial charge in [0.2, 0.25) is 5.91 Å². The number of piperidine rings is 1. The Hall–Kier alpha value is -1.65. The van der Waals surface area contributed by atoms with Gasteiger partial charge in [-0.1, -0.05) is 31.2 Å². The van der Waals surface area contributed by atoms with Crippen LogP contribution in [-0.4, -0.2) is 36.0 Å². The van der Waals surface area contributed by atoms with Crippen molar-refractivity contribution in [3.63, 3.8) is 0 Å². The second-order valence-electron chi connectivity index (χ2n) is 6.85. The number of likely N-dealkylation sites (tertiary alicyclic amines) is 1. The topological polar surface area (TPSA) is 23.6 Å². The maximum absolute atomic E-state index is 12.6. The molecule has 1 aromatic carbocycles. The molecule has 3 rings (SSSR count). The number of rotatable bonds is 6. The average Bonchev–Trinajstić information content (AvgIpc) is 3.16. The van der Waals surface area contributed by atoms with E-state index in [0.29, 0.717) is 18.5 Å². The maximum atomic E-state index is 12.6. The van der Waals surface area contributed by atoms with Crippen molar-refractivity contribution in [2.24, 2.45) is 0 Å². The van der Waals surface area contributed by atoms with Crippen LogP contribution in [0.15, 0.2) is 47.8 Å². The molecular weight excluding hydrogens is 328 g/mol. The van der Waals surface area contributed by atoms with Crippen molar-refractivity contribution in [2.75, 3.05) is 18.0 Å². The molecule has 0 spiro atoms. The normalized spacial score (nSPS) is 17.4. The molecule has 0 bridgehead atoms. The molecule has 1 aromatic heterocycles. The summed E-state index contributed by atoms with van der Waals surface area (Å²) in [6.45, 7) is 6.41. The van der Waals surface area contributed by atoms with Gasteiger partial charge in [-0.05, 0) is 49.8 Å². The van der Waals surface area contributed by atoms with Gasteiger partial charge in [0.15, 0.2) is 0 Å². The molecule has 1 saturated heterocycles. The van der Waals surface area contributed by atoms with Crippen molar-refractivity contribution in [3.8, 4) is 0 Å². The number of carbonyl (C=O) groups is 1. The largest absolute Gasteiger partial charge is 0.309 e. The third kappa shape index (κ3) is 4.50. The summed E-state index contributed by atoms with van der Waals surface area (Å²) in [6, 6.07) is 15.4. The summed E-state index contributed by atoms with van der Waals surface area (Å²) in [7, 11) is 0. The molecule has 2 aromatic rings. The molecule has 0 saturated carbocycles. The van der Waals surface area contributed by atoms with E-state index < -0.39 is 0 Å². The number of hydrogen-bond acceptors (Lipinski definition) is 3. The molecule has 1 aliphatic heterocycles. The molecule has 1 amide bonds. The summed E-state index contributed by atoms with van der Waals surface area (Å²) in [5, 5.41) is 2.16. The Morgan fingerprint density at radius 1 is 1.20 bits per heavy atom. The first kappa shape index (κ1) is 18.2. The standard InChI is InChI=1S/C21H28N2OS/c1-3-21(24)23(18-8-5-4-6-9-18)19-11-13-22(14-12-19)17(2)16-20-10-7-15-25-20/h4-10,15,17,19H,3,11-14,16H2,1-2H3.